The lowest BCUT2D eigenvalue weighted by Crippen LogP contribution is -2.18. The van der Waals surface area contributed by atoms with Gasteiger partial charge >= 0.3 is 5.97 Å². The van der Waals surface area contributed by atoms with Crippen LogP contribution in [0, 0.1) is 5.41 Å². The van der Waals surface area contributed by atoms with Gasteiger partial charge in [-0.05, 0) is 48.5 Å². The molecule has 0 radical (unpaired) electrons. The molecular formula is C20H18Cl2O3. The number of allylic oxidation sites excluding steroid dienone is 1. The third kappa shape index (κ3) is 5.45. The largest absolute Gasteiger partial charge is 0.422 e. The fraction of sp³-hybridized carbons (Fsp3) is 0.200. The Morgan fingerprint density at radius 3 is 1.72 bits per heavy atom. The van der Waals surface area contributed by atoms with E-state index < -0.39 is 11.4 Å². The van der Waals surface area contributed by atoms with Crippen molar-refractivity contribution in [2.24, 2.45) is 5.41 Å². The van der Waals surface area contributed by atoms with Crippen LogP contribution in [-0.2, 0) is 9.53 Å². The summed E-state index contributed by atoms with van der Waals surface area (Å²) in [6.45, 7) is 5.39. The van der Waals surface area contributed by atoms with Crippen LogP contribution in [0.1, 0.15) is 36.7 Å². The highest BCUT2D eigenvalue weighted by Crippen LogP contribution is 2.24. The fourth-order valence-electron chi connectivity index (χ4n) is 1.87. The molecule has 0 amide bonds. The van der Waals surface area contributed by atoms with Crippen LogP contribution in [0.2, 0.25) is 10.0 Å². The van der Waals surface area contributed by atoms with Crippen molar-refractivity contribution in [1.82, 2.24) is 0 Å². The molecule has 0 aliphatic heterocycles. The van der Waals surface area contributed by atoms with Gasteiger partial charge in [0, 0.05) is 27.1 Å². The summed E-state index contributed by atoms with van der Waals surface area (Å²) in [5.74, 6) is -0.544. The Bertz CT molecular complexity index is 798. The number of esters is 1. The Kier molecular flexibility index (Phi) is 6.04. The number of carbonyl (C=O) groups is 2. The van der Waals surface area contributed by atoms with Gasteiger partial charge in [0.25, 0.3) is 0 Å². The molecule has 25 heavy (non-hydrogen) atoms. The molecule has 130 valence electrons. The van der Waals surface area contributed by atoms with Crippen molar-refractivity contribution >= 4 is 40.7 Å². The van der Waals surface area contributed by atoms with Crippen molar-refractivity contribution in [3.63, 3.8) is 0 Å². The van der Waals surface area contributed by atoms with Crippen molar-refractivity contribution in [3.8, 4) is 0 Å². The molecular weight excluding hydrogens is 359 g/mol. The van der Waals surface area contributed by atoms with Crippen molar-refractivity contribution in [2.75, 3.05) is 0 Å². The standard InChI is InChI=1S/C20H18Cl2O3/c1-20(2,3)18(23)12-17(13-4-8-15(21)9-5-13)25-19(24)14-6-10-16(22)11-7-14/h4-12H,1-3H3/b17-12+. The Morgan fingerprint density at radius 1 is 0.840 bits per heavy atom. The molecule has 0 saturated carbocycles. The van der Waals surface area contributed by atoms with E-state index in [1.54, 1.807) is 69.3 Å². The van der Waals surface area contributed by atoms with Crippen LogP contribution in [0.4, 0.5) is 0 Å². The first kappa shape index (κ1) is 19.2. The highest BCUT2D eigenvalue weighted by Gasteiger charge is 2.22. The van der Waals surface area contributed by atoms with Gasteiger partial charge in [-0.15, -0.1) is 0 Å². The SMILES string of the molecule is CC(C)(C)C(=O)/C=C(/OC(=O)c1ccc(Cl)cc1)c1ccc(Cl)cc1. The maximum atomic E-state index is 12.4. The Morgan fingerprint density at radius 2 is 1.28 bits per heavy atom. The summed E-state index contributed by atoms with van der Waals surface area (Å²) in [6, 6.07) is 13.1. The third-order valence-corrected chi connectivity index (χ3v) is 3.92. The summed E-state index contributed by atoms with van der Waals surface area (Å²) < 4.78 is 5.48. The molecule has 2 aromatic rings. The fourth-order valence-corrected chi connectivity index (χ4v) is 2.12. The zero-order valence-electron chi connectivity index (χ0n) is 14.2. The molecule has 0 bridgehead atoms. The van der Waals surface area contributed by atoms with E-state index in [0.29, 0.717) is 21.2 Å². The monoisotopic (exact) mass is 376 g/mol. The minimum Gasteiger partial charge on any atom is -0.422 e. The van der Waals surface area contributed by atoms with Gasteiger partial charge in [0.1, 0.15) is 5.76 Å². The number of hydrogen-bond donors (Lipinski definition) is 0. The van der Waals surface area contributed by atoms with E-state index in [4.69, 9.17) is 27.9 Å². The first-order valence-electron chi connectivity index (χ1n) is 7.66. The van der Waals surface area contributed by atoms with Gasteiger partial charge in [-0.2, -0.15) is 0 Å². The van der Waals surface area contributed by atoms with E-state index in [-0.39, 0.29) is 11.5 Å². The first-order valence-corrected chi connectivity index (χ1v) is 8.42. The summed E-state index contributed by atoms with van der Waals surface area (Å²) in [4.78, 5) is 24.8. The van der Waals surface area contributed by atoms with Gasteiger partial charge in [-0.3, -0.25) is 4.79 Å². The molecule has 0 aliphatic carbocycles. The quantitative estimate of drug-likeness (QED) is 0.384. The van der Waals surface area contributed by atoms with E-state index in [0.717, 1.165) is 0 Å². The Hall–Kier alpha value is -2.10. The summed E-state index contributed by atoms with van der Waals surface area (Å²) in [5, 5.41) is 1.07. The van der Waals surface area contributed by atoms with Crippen LogP contribution in [0.15, 0.2) is 54.6 Å². The van der Waals surface area contributed by atoms with Gasteiger partial charge in [-0.25, -0.2) is 4.79 Å². The summed E-state index contributed by atoms with van der Waals surface area (Å²) in [5.41, 5.74) is 0.335. The Labute approximate surface area is 157 Å². The summed E-state index contributed by atoms with van der Waals surface area (Å²) >= 11 is 11.7. The van der Waals surface area contributed by atoms with E-state index in [1.165, 1.54) is 6.08 Å². The molecule has 0 aliphatic rings. The molecule has 2 rings (SSSR count). The van der Waals surface area contributed by atoms with Crippen molar-refractivity contribution in [1.29, 1.82) is 0 Å². The third-order valence-electron chi connectivity index (χ3n) is 3.41. The number of halogens is 2. The van der Waals surface area contributed by atoms with Crippen LogP contribution in [0.25, 0.3) is 5.76 Å². The second-order valence-electron chi connectivity index (χ2n) is 6.53. The number of hydrogen-bond acceptors (Lipinski definition) is 3. The molecule has 0 fully saturated rings. The lowest BCUT2D eigenvalue weighted by Gasteiger charge is -2.15. The van der Waals surface area contributed by atoms with Gasteiger partial charge in [0.05, 0.1) is 5.56 Å². The first-order chi connectivity index (χ1) is 11.7. The topological polar surface area (TPSA) is 43.4 Å². The number of rotatable bonds is 4. The smallest absolute Gasteiger partial charge is 0.343 e. The average Bonchev–Trinajstić information content (AvgIpc) is 2.54. The van der Waals surface area contributed by atoms with Gasteiger partial charge in [-0.1, -0.05) is 44.0 Å². The normalized spacial score (nSPS) is 12.0. The van der Waals surface area contributed by atoms with Crippen LogP contribution >= 0.6 is 23.2 Å². The number of ketones is 1. The lowest BCUT2D eigenvalue weighted by atomic mass is 9.90. The molecule has 0 atom stereocenters. The molecule has 0 unspecified atom stereocenters. The predicted octanol–water partition coefficient (Wildman–Crippen LogP) is 5.81. The van der Waals surface area contributed by atoms with E-state index in [9.17, 15) is 9.59 Å². The minimum absolute atomic E-state index is 0.152. The summed E-state index contributed by atoms with van der Waals surface area (Å²) in [7, 11) is 0. The zero-order chi connectivity index (χ0) is 18.6. The van der Waals surface area contributed by atoms with Crippen molar-refractivity contribution in [3.05, 3.63) is 75.8 Å². The number of benzene rings is 2. The molecule has 0 spiro atoms. The van der Waals surface area contributed by atoms with E-state index in [2.05, 4.69) is 0 Å². The molecule has 0 N–H and O–H groups in total. The highest BCUT2D eigenvalue weighted by molar-refractivity contribution is 6.31. The molecule has 2 aromatic carbocycles. The average molecular weight is 377 g/mol. The number of ether oxygens (including phenoxy) is 1. The van der Waals surface area contributed by atoms with E-state index >= 15 is 0 Å². The zero-order valence-corrected chi connectivity index (χ0v) is 15.7. The minimum atomic E-state index is -0.593. The van der Waals surface area contributed by atoms with Crippen LogP contribution in [0.3, 0.4) is 0 Å². The maximum absolute atomic E-state index is 12.4. The lowest BCUT2D eigenvalue weighted by molar-refractivity contribution is -0.121. The van der Waals surface area contributed by atoms with E-state index in [1.807, 2.05) is 0 Å². The van der Waals surface area contributed by atoms with Gasteiger partial charge in [0.2, 0.25) is 0 Å². The molecule has 3 nitrogen and oxygen atoms in total. The molecule has 5 heteroatoms. The molecule has 0 aromatic heterocycles. The number of carbonyl (C=O) groups excluding carboxylic acids is 2. The highest BCUT2D eigenvalue weighted by atomic mass is 35.5. The molecule has 0 saturated heterocycles. The molecule has 0 heterocycles. The second-order valence-corrected chi connectivity index (χ2v) is 7.40. The van der Waals surface area contributed by atoms with Crippen LogP contribution < -0.4 is 0 Å². The van der Waals surface area contributed by atoms with Crippen molar-refractivity contribution in [2.45, 2.75) is 20.8 Å². The Balaban J connectivity index is 2.36. The van der Waals surface area contributed by atoms with Gasteiger partial charge in [0.15, 0.2) is 5.78 Å². The summed E-state index contributed by atoms with van der Waals surface area (Å²) in [6.07, 6.45) is 1.34. The van der Waals surface area contributed by atoms with Gasteiger partial charge < -0.3 is 4.74 Å². The van der Waals surface area contributed by atoms with Crippen LogP contribution in [0.5, 0.6) is 0 Å². The van der Waals surface area contributed by atoms with Crippen molar-refractivity contribution < 1.29 is 14.3 Å². The maximum Gasteiger partial charge on any atom is 0.343 e. The second kappa shape index (κ2) is 7.85. The van der Waals surface area contributed by atoms with Crippen LogP contribution in [-0.4, -0.2) is 11.8 Å². The predicted molar refractivity (Wildman–Crippen MR) is 101 cm³/mol.